The topological polar surface area (TPSA) is 66.8 Å². The number of ketones is 1. The minimum Gasteiger partial charge on any atom is -0.501 e. The van der Waals surface area contributed by atoms with Gasteiger partial charge in [-0.25, -0.2) is 4.39 Å². The summed E-state index contributed by atoms with van der Waals surface area (Å²) in [6, 6.07) is 3.55. The van der Waals surface area contributed by atoms with Gasteiger partial charge in [0.25, 0.3) is 5.78 Å². The number of likely N-dealkylation sites (tertiary alicyclic amines) is 1. The first-order chi connectivity index (χ1) is 10.3. The molecule has 3 rings (SSSR count). The molecule has 0 aromatic heterocycles. The summed E-state index contributed by atoms with van der Waals surface area (Å²) >= 11 is 6.00. The summed E-state index contributed by atoms with van der Waals surface area (Å²) < 4.78 is 18.8. The van der Waals surface area contributed by atoms with E-state index in [2.05, 4.69) is 0 Å². The van der Waals surface area contributed by atoms with Crippen LogP contribution in [0.2, 0.25) is 5.02 Å². The fourth-order valence-electron chi connectivity index (χ4n) is 2.71. The van der Waals surface area contributed by atoms with Crippen molar-refractivity contribution in [1.29, 1.82) is 0 Å². The normalized spacial score (nSPS) is 25.1. The van der Waals surface area contributed by atoms with Crippen LogP contribution in [0.4, 0.5) is 4.39 Å². The molecule has 2 heterocycles. The average molecular weight is 326 g/mol. The van der Waals surface area contributed by atoms with Gasteiger partial charge in [-0.1, -0.05) is 17.7 Å². The van der Waals surface area contributed by atoms with Crippen LogP contribution in [-0.2, 0) is 19.9 Å². The number of Topliss-reactive ketones (excluding diaryl/α,β-unsaturated/α-hetero) is 1. The summed E-state index contributed by atoms with van der Waals surface area (Å²) in [4.78, 5) is 25.4. The number of carbonyl (C=O) groups excluding carboxylic acids is 2. The van der Waals surface area contributed by atoms with Crippen LogP contribution in [-0.4, -0.2) is 28.2 Å². The zero-order chi connectivity index (χ0) is 16.1. The van der Waals surface area contributed by atoms with Gasteiger partial charge < -0.3 is 9.84 Å². The van der Waals surface area contributed by atoms with Crippen molar-refractivity contribution in [1.82, 2.24) is 4.90 Å². The Hall–Kier alpha value is -2.08. The minimum absolute atomic E-state index is 0.0117. The maximum Gasteiger partial charge on any atom is 0.250 e. The Kier molecular flexibility index (Phi) is 3.36. The van der Waals surface area contributed by atoms with Gasteiger partial charge in [0.15, 0.2) is 0 Å². The van der Waals surface area contributed by atoms with E-state index in [-0.39, 0.29) is 22.4 Å². The largest absolute Gasteiger partial charge is 0.501 e. The Bertz CT molecular complexity index is 717. The number of halogens is 2. The summed E-state index contributed by atoms with van der Waals surface area (Å²) in [5.41, 5.74) is -1.36. The monoisotopic (exact) mass is 325 g/mol. The van der Waals surface area contributed by atoms with Crippen molar-refractivity contribution in [2.24, 2.45) is 0 Å². The number of nitrogens with zero attached hydrogens (tertiary/aromatic N) is 1. The number of ether oxygens (including phenoxy) is 1. The highest BCUT2D eigenvalue weighted by molar-refractivity contribution is 6.32. The van der Waals surface area contributed by atoms with E-state index < -0.39 is 23.0 Å². The second-order valence-electron chi connectivity index (χ2n) is 5.39. The molecule has 116 valence electrons. The van der Waals surface area contributed by atoms with Crippen molar-refractivity contribution >= 4 is 23.3 Å². The molecule has 2 aliphatic rings. The Morgan fingerprint density at radius 2 is 2.14 bits per heavy atom. The molecule has 1 atom stereocenters. The van der Waals surface area contributed by atoms with Crippen molar-refractivity contribution in [2.75, 3.05) is 6.54 Å². The maximum absolute atomic E-state index is 13.2. The fourth-order valence-corrected chi connectivity index (χ4v) is 3.06. The van der Waals surface area contributed by atoms with E-state index in [4.69, 9.17) is 16.3 Å². The standard InChI is InChI=1S/C15H13ClFNO4/c1-15(9-5-4-8(17)7-10(9)16)13(21)12(20)14(22-15)18-6-2-3-11(18)19/h4-5,7,20H,2-3,6H2,1H3. The number of hydrogen-bond acceptors (Lipinski definition) is 4. The maximum atomic E-state index is 13.2. The smallest absolute Gasteiger partial charge is 0.250 e. The van der Waals surface area contributed by atoms with Crippen LogP contribution in [0.1, 0.15) is 25.3 Å². The van der Waals surface area contributed by atoms with E-state index in [1.54, 1.807) is 0 Å². The first-order valence-electron chi connectivity index (χ1n) is 6.77. The third-order valence-corrected chi connectivity index (χ3v) is 4.23. The Balaban J connectivity index is 2.01. The second kappa shape index (κ2) is 4.98. The molecule has 1 aromatic rings. The van der Waals surface area contributed by atoms with Gasteiger partial charge in [0.1, 0.15) is 5.82 Å². The van der Waals surface area contributed by atoms with Gasteiger partial charge in [-0.05, 0) is 25.5 Å². The molecule has 0 bridgehead atoms. The quantitative estimate of drug-likeness (QED) is 0.907. The number of hydrogen-bond donors (Lipinski definition) is 1. The van der Waals surface area contributed by atoms with Gasteiger partial charge in [-0.2, -0.15) is 0 Å². The molecule has 0 radical (unpaired) electrons. The summed E-state index contributed by atoms with van der Waals surface area (Å²) in [6.07, 6.45) is 0.962. The van der Waals surface area contributed by atoms with Crippen molar-refractivity contribution in [3.63, 3.8) is 0 Å². The molecule has 1 fully saturated rings. The molecule has 7 heteroatoms. The van der Waals surface area contributed by atoms with Crippen molar-refractivity contribution < 1.29 is 23.8 Å². The molecule has 1 saturated heterocycles. The van der Waals surface area contributed by atoms with Crippen LogP contribution < -0.4 is 0 Å². The van der Waals surface area contributed by atoms with Gasteiger partial charge in [0.05, 0.1) is 5.02 Å². The van der Waals surface area contributed by atoms with Gasteiger partial charge in [-0.3, -0.25) is 14.5 Å². The third kappa shape index (κ3) is 2.06. The van der Waals surface area contributed by atoms with Crippen LogP contribution >= 0.6 is 11.6 Å². The third-order valence-electron chi connectivity index (χ3n) is 3.92. The molecule has 1 aromatic carbocycles. The van der Waals surface area contributed by atoms with Gasteiger partial charge in [0.2, 0.25) is 23.2 Å². The predicted octanol–water partition coefficient (Wildman–Crippen LogP) is 2.64. The Labute approximate surface area is 130 Å². The average Bonchev–Trinajstić information content (AvgIpc) is 2.97. The van der Waals surface area contributed by atoms with Crippen LogP contribution in [0.5, 0.6) is 0 Å². The van der Waals surface area contributed by atoms with Crippen LogP contribution in [0.25, 0.3) is 0 Å². The van der Waals surface area contributed by atoms with Crippen LogP contribution in [0.3, 0.4) is 0 Å². The number of benzene rings is 1. The number of carbonyl (C=O) groups is 2. The summed E-state index contributed by atoms with van der Waals surface area (Å²) in [5.74, 6) is -2.25. The molecule has 1 unspecified atom stereocenters. The molecular formula is C15H13ClFNO4. The Morgan fingerprint density at radius 1 is 1.41 bits per heavy atom. The molecule has 0 aliphatic carbocycles. The lowest BCUT2D eigenvalue weighted by Gasteiger charge is -2.26. The van der Waals surface area contributed by atoms with E-state index >= 15 is 0 Å². The summed E-state index contributed by atoms with van der Waals surface area (Å²) in [6.45, 7) is 1.80. The predicted molar refractivity (Wildman–Crippen MR) is 75.5 cm³/mol. The SMILES string of the molecule is CC1(c2ccc(F)cc2Cl)OC(N2CCCC2=O)=C(O)C1=O. The molecule has 0 saturated carbocycles. The van der Waals surface area contributed by atoms with E-state index in [0.29, 0.717) is 19.4 Å². The van der Waals surface area contributed by atoms with E-state index in [1.807, 2.05) is 0 Å². The van der Waals surface area contributed by atoms with E-state index in [9.17, 15) is 19.1 Å². The number of amides is 1. The highest BCUT2D eigenvalue weighted by Crippen LogP contribution is 2.42. The molecular weight excluding hydrogens is 313 g/mol. The zero-order valence-corrected chi connectivity index (χ0v) is 12.5. The molecule has 22 heavy (non-hydrogen) atoms. The van der Waals surface area contributed by atoms with Crippen LogP contribution in [0.15, 0.2) is 29.8 Å². The number of aliphatic hydroxyl groups excluding tert-OH is 1. The lowest BCUT2D eigenvalue weighted by Crippen LogP contribution is -2.33. The molecule has 0 spiro atoms. The highest BCUT2D eigenvalue weighted by Gasteiger charge is 2.51. The molecule has 1 N–H and O–H groups in total. The van der Waals surface area contributed by atoms with E-state index in [0.717, 1.165) is 12.1 Å². The molecule has 2 aliphatic heterocycles. The Morgan fingerprint density at radius 3 is 2.73 bits per heavy atom. The fraction of sp³-hybridized carbons (Fsp3) is 0.333. The minimum atomic E-state index is -1.59. The van der Waals surface area contributed by atoms with E-state index in [1.165, 1.54) is 17.9 Å². The lowest BCUT2D eigenvalue weighted by molar-refractivity contribution is -0.136. The second-order valence-corrected chi connectivity index (χ2v) is 5.80. The molecule has 1 amide bonds. The zero-order valence-electron chi connectivity index (χ0n) is 11.7. The first-order valence-corrected chi connectivity index (χ1v) is 7.15. The van der Waals surface area contributed by atoms with Gasteiger partial charge in [-0.15, -0.1) is 0 Å². The summed E-state index contributed by atoms with van der Waals surface area (Å²) in [7, 11) is 0. The van der Waals surface area contributed by atoms with Crippen molar-refractivity contribution in [3.05, 3.63) is 46.2 Å². The highest BCUT2D eigenvalue weighted by atomic mass is 35.5. The first kappa shape index (κ1) is 14.8. The lowest BCUT2D eigenvalue weighted by atomic mass is 9.91. The van der Waals surface area contributed by atoms with Gasteiger partial charge in [0, 0.05) is 18.5 Å². The van der Waals surface area contributed by atoms with Crippen molar-refractivity contribution in [3.8, 4) is 0 Å². The van der Waals surface area contributed by atoms with Crippen LogP contribution in [0, 0.1) is 5.82 Å². The van der Waals surface area contributed by atoms with Gasteiger partial charge >= 0.3 is 0 Å². The van der Waals surface area contributed by atoms with Crippen molar-refractivity contribution in [2.45, 2.75) is 25.4 Å². The molecule has 5 nitrogen and oxygen atoms in total. The summed E-state index contributed by atoms with van der Waals surface area (Å²) in [5, 5.41) is 10.1. The number of rotatable bonds is 2. The number of aliphatic hydroxyl groups is 1.